The largest absolute Gasteiger partial charge is 0.383 e. The van der Waals surface area contributed by atoms with Crippen molar-refractivity contribution in [1.82, 2.24) is 9.97 Å². The summed E-state index contributed by atoms with van der Waals surface area (Å²) >= 11 is 0. The summed E-state index contributed by atoms with van der Waals surface area (Å²) in [6.07, 6.45) is 0. The van der Waals surface area contributed by atoms with E-state index in [2.05, 4.69) is 15.4 Å². The van der Waals surface area contributed by atoms with E-state index in [0.29, 0.717) is 13.2 Å². The van der Waals surface area contributed by atoms with Gasteiger partial charge in [-0.25, -0.2) is 10.8 Å². The number of nitro groups is 1. The van der Waals surface area contributed by atoms with Crippen molar-refractivity contribution < 1.29 is 9.66 Å². The first kappa shape index (κ1) is 14.1. The van der Waals surface area contributed by atoms with Crippen LogP contribution in [0.3, 0.4) is 0 Å². The number of rotatable bonds is 6. The highest BCUT2D eigenvalue weighted by Crippen LogP contribution is 2.28. The number of hydrogen-bond acceptors (Lipinski definition) is 8. The van der Waals surface area contributed by atoms with E-state index < -0.39 is 4.92 Å². The molecule has 0 bridgehead atoms. The number of nitrogen functional groups attached to an aromatic ring is 1. The fourth-order valence-electron chi connectivity index (χ4n) is 1.43. The smallest absolute Gasteiger partial charge is 0.332 e. The molecule has 0 aliphatic carbocycles. The van der Waals surface area contributed by atoms with Crippen molar-refractivity contribution in [3.63, 3.8) is 0 Å². The maximum absolute atomic E-state index is 11.0. The molecule has 0 aliphatic heterocycles. The van der Waals surface area contributed by atoms with Gasteiger partial charge in [-0.3, -0.25) is 15.5 Å². The molecule has 0 radical (unpaired) electrons. The van der Waals surface area contributed by atoms with Gasteiger partial charge in [0.1, 0.15) is 5.69 Å². The molecule has 3 N–H and O–H groups in total. The third-order valence-corrected chi connectivity index (χ3v) is 2.34. The fraction of sp³-hybridized carbons (Fsp3) is 0.556. The number of hydrazine groups is 1. The van der Waals surface area contributed by atoms with Gasteiger partial charge in [-0.15, -0.1) is 0 Å². The molecule has 1 aromatic rings. The quantitative estimate of drug-likeness (QED) is 0.416. The molecule has 0 fully saturated rings. The van der Waals surface area contributed by atoms with Gasteiger partial charge >= 0.3 is 5.69 Å². The van der Waals surface area contributed by atoms with E-state index in [4.69, 9.17) is 10.6 Å². The number of nitrogens with two attached hydrogens (primary N) is 1. The van der Waals surface area contributed by atoms with Gasteiger partial charge in [0, 0.05) is 20.7 Å². The molecule has 1 rings (SSSR count). The van der Waals surface area contributed by atoms with E-state index in [1.807, 2.05) is 0 Å². The lowest BCUT2D eigenvalue weighted by Crippen LogP contribution is -2.25. The standard InChI is InChI=1S/C9H16N6O3/c1-6-7(15(16)17)8(12-9(11-6)13-10)14(2)4-5-18-3/h4-5,10H2,1-3H3,(H,11,12,13). The van der Waals surface area contributed by atoms with Crippen LogP contribution in [-0.2, 0) is 4.74 Å². The summed E-state index contributed by atoms with van der Waals surface area (Å²) < 4.78 is 4.93. The second kappa shape index (κ2) is 6.07. The van der Waals surface area contributed by atoms with E-state index in [9.17, 15) is 10.1 Å². The van der Waals surface area contributed by atoms with Gasteiger partial charge in [-0.2, -0.15) is 4.98 Å². The Morgan fingerprint density at radius 3 is 2.72 bits per heavy atom. The van der Waals surface area contributed by atoms with Gasteiger partial charge in [0.25, 0.3) is 0 Å². The van der Waals surface area contributed by atoms with Crippen LogP contribution in [0, 0.1) is 17.0 Å². The average Bonchev–Trinajstić information content (AvgIpc) is 2.34. The highest BCUT2D eigenvalue weighted by molar-refractivity contribution is 5.61. The molecule has 0 spiro atoms. The Morgan fingerprint density at radius 2 is 2.22 bits per heavy atom. The molecule has 0 unspecified atom stereocenters. The van der Waals surface area contributed by atoms with Crippen LogP contribution >= 0.6 is 0 Å². The summed E-state index contributed by atoms with van der Waals surface area (Å²) in [5.41, 5.74) is 2.40. The molecule has 0 amide bonds. The summed E-state index contributed by atoms with van der Waals surface area (Å²) in [5, 5.41) is 11.0. The van der Waals surface area contributed by atoms with Crippen LogP contribution in [0.15, 0.2) is 0 Å². The van der Waals surface area contributed by atoms with E-state index in [1.54, 1.807) is 19.1 Å². The Kier molecular flexibility index (Phi) is 4.75. The normalized spacial score (nSPS) is 10.2. The molecule has 1 heterocycles. The number of hydrogen-bond donors (Lipinski definition) is 2. The van der Waals surface area contributed by atoms with Crippen LogP contribution in [0.5, 0.6) is 0 Å². The molecule has 9 nitrogen and oxygen atoms in total. The number of nitrogens with zero attached hydrogens (tertiary/aromatic N) is 4. The van der Waals surface area contributed by atoms with Crippen LogP contribution in [0.1, 0.15) is 5.69 Å². The number of aromatic nitrogens is 2. The molecule has 1 aromatic heterocycles. The van der Waals surface area contributed by atoms with Crippen molar-refractivity contribution in [2.24, 2.45) is 5.84 Å². The number of nitrogens with one attached hydrogen (secondary N) is 1. The van der Waals surface area contributed by atoms with Gasteiger partial charge < -0.3 is 9.64 Å². The predicted octanol–water partition coefficient (Wildman–Crippen LogP) is 0.0614. The van der Waals surface area contributed by atoms with Crippen molar-refractivity contribution in [2.75, 3.05) is 37.6 Å². The minimum absolute atomic E-state index is 0.132. The molecule has 0 saturated carbocycles. The Labute approximate surface area is 104 Å². The van der Waals surface area contributed by atoms with E-state index in [-0.39, 0.29) is 23.1 Å². The van der Waals surface area contributed by atoms with E-state index in [0.717, 1.165) is 0 Å². The number of likely N-dealkylation sites (N-methyl/N-ethyl adjacent to an activating group) is 1. The Morgan fingerprint density at radius 1 is 1.56 bits per heavy atom. The summed E-state index contributed by atoms with van der Waals surface area (Å²) in [6, 6.07) is 0. The SMILES string of the molecule is COCCN(C)c1nc(NN)nc(C)c1[N+](=O)[O-]. The van der Waals surface area contributed by atoms with Gasteiger partial charge in [-0.05, 0) is 6.92 Å². The first-order valence-electron chi connectivity index (χ1n) is 5.21. The average molecular weight is 256 g/mol. The van der Waals surface area contributed by atoms with E-state index in [1.165, 1.54) is 6.92 Å². The number of methoxy groups -OCH3 is 1. The van der Waals surface area contributed by atoms with Gasteiger partial charge in [-0.1, -0.05) is 0 Å². The van der Waals surface area contributed by atoms with Crippen LogP contribution in [0.4, 0.5) is 17.5 Å². The van der Waals surface area contributed by atoms with Crippen molar-refractivity contribution in [3.8, 4) is 0 Å². The van der Waals surface area contributed by atoms with Crippen LogP contribution in [0.25, 0.3) is 0 Å². The fourth-order valence-corrected chi connectivity index (χ4v) is 1.43. The lowest BCUT2D eigenvalue weighted by atomic mass is 10.3. The Balaban J connectivity index is 3.20. The second-order valence-corrected chi connectivity index (χ2v) is 3.62. The molecule has 9 heteroatoms. The van der Waals surface area contributed by atoms with Gasteiger partial charge in [0.15, 0.2) is 0 Å². The van der Waals surface area contributed by atoms with Crippen molar-refractivity contribution >= 4 is 17.5 Å². The second-order valence-electron chi connectivity index (χ2n) is 3.62. The summed E-state index contributed by atoms with van der Waals surface area (Å²) in [7, 11) is 3.24. The number of ether oxygens (including phenoxy) is 1. The predicted molar refractivity (Wildman–Crippen MR) is 66.4 cm³/mol. The third-order valence-electron chi connectivity index (χ3n) is 2.34. The summed E-state index contributed by atoms with van der Waals surface area (Å²) in [6.45, 7) is 2.44. The first-order valence-corrected chi connectivity index (χ1v) is 5.21. The molecule has 0 saturated heterocycles. The third kappa shape index (κ3) is 3.02. The first-order chi connectivity index (χ1) is 8.51. The molecule has 100 valence electrons. The monoisotopic (exact) mass is 256 g/mol. The molecular weight excluding hydrogens is 240 g/mol. The minimum Gasteiger partial charge on any atom is -0.383 e. The molecule has 0 aromatic carbocycles. The van der Waals surface area contributed by atoms with Crippen LogP contribution in [0.2, 0.25) is 0 Å². The molecule has 0 atom stereocenters. The van der Waals surface area contributed by atoms with Crippen molar-refractivity contribution in [2.45, 2.75) is 6.92 Å². The number of anilines is 2. The molecular formula is C9H16N6O3. The summed E-state index contributed by atoms with van der Waals surface area (Å²) in [4.78, 5) is 20.0. The van der Waals surface area contributed by atoms with E-state index >= 15 is 0 Å². The highest BCUT2D eigenvalue weighted by Gasteiger charge is 2.24. The highest BCUT2D eigenvalue weighted by atomic mass is 16.6. The zero-order chi connectivity index (χ0) is 13.7. The van der Waals surface area contributed by atoms with Crippen molar-refractivity contribution in [3.05, 3.63) is 15.8 Å². The topological polar surface area (TPSA) is 119 Å². The minimum atomic E-state index is -0.506. The summed E-state index contributed by atoms with van der Waals surface area (Å²) in [5.74, 6) is 5.57. The Bertz CT molecular complexity index is 439. The van der Waals surface area contributed by atoms with Crippen LogP contribution < -0.4 is 16.2 Å². The molecule has 0 aliphatic rings. The maximum Gasteiger partial charge on any atom is 0.332 e. The van der Waals surface area contributed by atoms with Crippen LogP contribution in [-0.4, -0.2) is 42.2 Å². The molecule has 18 heavy (non-hydrogen) atoms. The van der Waals surface area contributed by atoms with Crippen molar-refractivity contribution in [1.29, 1.82) is 0 Å². The lowest BCUT2D eigenvalue weighted by Gasteiger charge is -2.18. The Hall–Kier alpha value is -2.00. The maximum atomic E-state index is 11.0. The lowest BCUT2D eigenvalue weighted by molar-refractivity contribution is -0.385. The zero-order valence-electron chi connectivity index (χ0n) is 10.5. The van der Waals surface area contributed by atoms with Gasteiger partial charge in [0.05, 0.1) is 11.5 Å². The zero-order valence-corrected chi connectivity index (χ0v) is 10.5. The number of aryl methyl sites for hydroxylation is 1. The van der Waals surface area contributed by atoms with Gasteiger partial charge in [0.2, 0.25) is 11.8 Å².